The van der Waals surface area contributed by atoms with Gasteiger partial charge in [-0.15, -0.1) is 0 Å². The summed E-state index contributed by atoms with van der Waals surface area (Å²) in [7, 11) is 1.37. The summed E-state index contributed by atoms with van der Waals surface area (Å²) >= 11 is 6.30. The Morgan fingerprint density at radius 3 is 2.36 bits per heavy atom. The van der Waals surface area contributed by atoms with Gasteiger partial charge in [0.05, 0.1) is 13.7 Å². The number of nitrogens with zero attached hydrogens (tertiary/aromatic N) is 1. The van der Waals surface area contributed by atoms with Crippen LogP contribution in [0.15, 0.2) is 103 Å². The first-order chi connectivity index (χ1) is 21.5. The molecule has 44 heavy (non-hydrogen) atoms. The smallest absolute Gasteiger partial charge is 0.328 e. The van der Waals surface area contributed by atoms with Crippen molar-refractivity contribution in [3.8, 4) is 5.75 Å². The number of hydrogen-bond acceptors (Lipinski definition) is 6. The maximum absolute atomic E-state index is 13.2. The van der Waals surface area contributed by atoms with Crippen LogP contribution in [0.3, 0.4) is 0 Å². The third kappa shape index (κ3) is 8.42. The standard InChI is InChI=1S/C37H39ClN2O4/c1-43-37(42)35(39-34-17-8-7-16-33(34)36(41)29-12-3-2-4-13-29)24-27-18-20-32(21-19-27)44-23-22-40(26-28-10-5-6-11-28)31-15-9-14-30(38)25-31/h2-4,7-9,12-21,25,28,35,39H,5-6,10-11,22-24,26H2,1H3. The molecule has 0 aliphatic heterocycles. The highest BCUT2D eigenvalue weighted by atomic mass is 35.5. The average Bonchev–Trinajstić information content (AvgIpc) is 3.58. The quantitative estimate of drug-likeness (QED) is 0.116. The summed E-state index contributed by atoms with van der Waals surface area (Å²) in [5.41, 5.74) is 3.72. The highest BCUT2D eigenvalue weighted by Crippen LogP contribution is 2.29. The van der Waals surface area contributed by atoms with E-state index < -0.39 is 12.0 Å². The summed E-state index contributed by atoms with van der Waals surface area (Å²) in [6.07, 6.45) is 5.54. The third-order valence-electron chi connectivity index (χ3n) is 8.14. The molecule has 0 saturated heterocycles. The van der Waals surface area contributed by atoms with E-state index >= 15 is 0 Å². The number of hydrogen-bond donors (Lipinski definition) is 1. The molecule has 0 radical (unpaired) electrons. The van der Waals surface area contributed by atoms with Crippen LogP contribution < -0.4 is 15.0 Å². The molecule has 0 spiro atoms. The third-order valence-corrected chi connectivity index (χ3v) is 8.38. The van der Waals surface area contributed by atoms with Gasteiger partial charge in [-0.3, -0.25) is 4.79 Å². The van der Waals surface area contributed by atoms with E-state index in [1.54, 1.807) is 18.2 Å². The fourth-order valence-electron chi connectivity index (χ4n) is 5.81. The minimum atomic E-state index is -0.682. The zero-order chi connectivity index (χ0) is 30.7. The number of esters is 1. The highest BCUT2D eigenvalue weighted by molar-refractivity contribution is 6.30. The van der Waals surface area contributed by atoms with Crippen LogP contribution in [0.5, 0.6) is 5.75 Å². The minimum absolute atomic E-state index is 0.115. The van der Waals surface area contributed by atoms with Crippen LogP contribution in [0.25, 0.3) is 0 Å². The van der Waals surface area contributed by atoms with Gasteiger partial charge in [0.2, 0.25) is 0 Å². The van der Waals surface area contributed by atoms with Crippen LogP contribution in [-0.4, -0.2) is 44.6 Å². The first kappa shape index (κ1) is 31.1. The summed E-state index contributed by atoms with van der Waals surface area (Å²) in [6, 6.07) is 31.5. The molecule has 6 nitrogen and oxygen atoms in total. The molecule has 1 atom stereocenters. The van der Waals surface area contributed by atoms with Crippen LogP contribution in [0.4, 0.5) is 11.4 Å². The summed E-state index contributed by atoms with van der Waals surface area (Å²) in [5, 5.41) is 4.00. The lowest BCUT2D eigenvalue weighted by Crippen LogP contribution is -2.33. The van der Waals surface area contributed by atoms with Crippen LogP contribution in [-0.2, 0) is 16.0 Å². The van der Waals surface area contributed by atoms with E-state index in [2.05, 4.69) is 16.3 Å². The lowest BCUT2D eigenvalue weighted by atomic mass is 10.00. The second-order valence-electron chi connectivity index (χ2n) is 11.2. The number of benzene rings is 4. The Bertz CT molecular complexity index is 1520. The molecule has 0 aromatic heterocycles. The topological polar surface area (TPSA) is 67.9 Å². The Morgan fingerprint density at radius 1 is 0.909 bits per heavy atom. The summed E-state index contributed by atoms with van der Waals surface area (Å²) in [5.74, 6) is 0.946. The number of carbonyl (C=O) groups is 2. The number of anilines is 2. The molecular weight excluding hydrogens is 572 g/mol. The van der Waals surface area contributed by atoms with E-state index in [4.69, 9.17) is 21.1 Å². The van der Waals surface area contributed by atoms with Gasteiger partial charge >= 0.3 is 5.97 Å². The number of para-hydroxylation sites is 1. The number of ketones is 1. The van der Waals surface area contributed by atoms with E-state index in [0.717, 1.165) is 35.1 Å². The first-order valence-corrected chi connectivity index (χ1v) is 15.6. The number of halogens is 1. The van der Waals surface area contributed by atoms with Gasteiger partial charge in [-0.2, -0.15) is 0 Å². The fraction of sp³-hybridized carbons (Fsp3) is 0.297. The molecule has 1 aliphatic carbocycles. The van der Waals surface area contributed by atoms with Gasteiger partial charge < -0.3 is 19.7 Å². The molecule has 0 amide bonds. The summed E-state index contributed by atoms with van der Waals surface area (Å²) < 4.78 is 11.2. The van der Waals surface area contributed by atoms with Crippen LogP contribution in [0, 0.1) is 5.92 Å². The van der Waals surface area contributed by atoms with Gasteiger partial charge in [0.15, 0.2) is 5.78 Å². The van der Waals surface area contributed by atoms with Gasteiger partial charge in [-0.05, 0) is 66.8 Å². The van der Waals surface area contributed by atoms with Gasteiger partial charge in [-0.1, -0.05) is 85.1 Å². The van der Waals surface area contributed by atoms with Crippen molar-refractivity contribution in [3.05, 3.63) is 125 Å². The Morgan fingerprint density at radius 2 is 1.64 bits per heavy atom. The first-order valence-electron chi connectivity index (χ1n) is 15.3. The van der Waals surface area contributed by atoms with Crippen molar-refractivity contribution in [2.24, 2.45) is 5.92 Å². The van der Waals surface area contributed by atoms with Gasteiger partial charge in [0, 0.05) is 40.5 Å². The Kier molecular flexibility index (Phi) is 10.9. The summed E-state index contributed by atoms with van der Waals surface area (Å²) in [4.78, 5) is 28.4. The molecule has 1 fully saturated rings. The van der Waals surface area contributed by atoms with E-state index in [1.165, 1.54) is 32.8 Å². The van der Waals surface area contributed by atoms with Crippen molar-refractivity contribution in [1.29, 1.82) is 0 Å². The van der Waals surface area contributed by atoms with E-state index in [-0.39, 0.29) is 5.78 Å². The van der Waals surface area contributed by atoms with Crippen molar-refractivity contribution in [2.75, 3.05) is 37.0 Å². The molecule has 1 N–H and O–H groups in total. The Labute approximate surface area is 265 Å². The summed E-state index contributed by atoms with van der Waals surface area (Å²) in [6.45, 7) is 2.30. The van der Waals surface area contributed by atoms with Crippen LogP contribution in [0.2, 0.25) is 5.02 Å². The number of ether oxygens (including phenoxy) is 2. The molecule has 0 heterocycles. The van der Waals surface area contributed by atoms with Crippen molar-refractivity contribution >= 4 is 34.7 Å². The maximum atomic E-state index is 13.2. The van der Waals surface area contributed by atoms with Crippen molar-refractivity contribution in [1.82, 2.24) is 0 Å². The number of methoxy groups -OCH3 is 1. The molecule has 0 bridgehead atoms. The molecule has 4 aromatic carbocycles. The molecular formula is C37H39ClN2O4. The van der Waals surface area contributed by atoms with Crippen molar-refractivity contribution in [2.45, 2.75) is 38.1 Å². The maximum Gasteiger partial charge on any atom is 0.328 e. The zero-order valence-corrected chi connectivity index (χ0v) is 25.8. The molecule has 1 unspecified atom stereocenters. The predicted molar refractivity (Wildman–Crippen MR) is 177 cm³/mol. The normalized spacial score (nSPS) is 13.7. The second kappa shape index (κ2) is 15.4. The lowest BCUT2D eigenvalue weighted by Gasteiger charge is -2.28. The monoisotopic (exact) mass is 610 g/mol. The molecule has 1 aliphatic rings. The number of rotatable bonds is 14. The Balaban J connectivity index is 1.21. The SMILES string of the molecule is COC(=O)C(Cc1ccc(OCCN(CC2CCCC2)c2cccc(Cl)c2)cc1)Nc1ccccc1C(=O)c1ccccc1. The molecule has 7 heteroatoms. The van der Waals surface area contributed by atoms with E-state index in [9.17, 15) is 9.59 Å². The van der Waals surface area contributed by atoms with Crippen molar-refractivity contribution < 1.29 is 19.1 Å². The minimum Gasteiger partial charge on any atom is -0.492 e. The Hall–Kier alpha value is -4.29. The molecule has 228 valence electrons. The molecule has 5 rings (SSSR count). The lowest BCUT2D eigenvalue weighted by molar-refractivity contribution is -0.141. The van der Waals surface area contributed by atoms with Gasteiger partial charge in [0.25, 0.3) is 0 Å². The average molecular weight is 611 g/mol. The largest absolute Gasteiger partial charge is 0.492 e. The number of nitrogens with one attached hydrogen (secondary N) is 1. The highest BCUT2D eigenvalue weighted by Gasteiger charge is 2.23. The predicted octanol–water partition coefficient (Wildman–Crippen LogP) is 7.84. The van der Waals surface area contributed by atoms with Crippen LogP contribution >= 0.6 is 11.6 Å². The fourth-order valence-corrected chi connectivity index (χ4v) is 5.99. The zero-order valence-electron chi connectivity index (χ0n) is 25.1. The second-order valence-corrected chi connectivity index (χ2v) is 11.7. The number of carbonyl (C=O) groups excluding carboxylic acids is 2. The van der Waals surface area contributed by atoms with Crippen molar-refractivity contribution in [3.63, 3.8) is 0 Å². The van der Waals surface area contributed by atoms with Gasteiger partial charge in [0.1, 0.15) is 18.4 Å². The molecule has 4 aromatic rings. The van der Waals surface area contributed by atoms with E-state index in [0.29, 0.717) is 35.8 Å². The van der Waals surface area contributed by atoms with Gasteiger partial charge in [-0.25, -0.2) is 4.79 Å². The molecule has 1 saturated carbocycles. The van der Waals surface area contributed by atoms with Crippen LogP contribution in [0.1, 0.15) is 47.2 Å². The van der Waals surface area contributed by atoms with E-state index in [1.807, 2.05) is 78.9 Å².